The van der Waals surface area contributed by atoms with Crippen LogP contribution in [0.2, 0.25) is 0 Å². The summed E-state index contributed by atoms with van der Waals surface area (Å²) in [6.45, 7) is 0.855. The van der Waals surface area contributed by atoms with Crippen LogP contribution in [0.3, 0.4) is 0 Å². The van der Waals surface area contributed by atoms with Gasteiger partial charge in [-0.25, -0.2) is 0 Å². The molecule has 1 aliphatic heterocycles. The van der Waals surface area contributed by atoms with Crippen LogP contribution >= 0.6 is 11.8 Å². The van der Waals surface area contributed by atoms with Gasteiger partial charge in [0.1, 0.15) is 0 Å². The summed E-state index contributed by atoms with van der Waals surface area (Å²) in [5, 5.41) is 4.89. The lowest BCUT2D eigenvalue weighted by atomic mass is 10.1. The molecule has 0 bridgehead atoms. The number of nitrogens with one attached hydrogen (secondary N) is 1. The van der Waals surface area contributed by atoms with Crippen molar-refractivity contribution < 1.29 is 0 Å². The minimum atomic E-state index is 0.435. The van der Waals surface area contributed by atoms with Crippen LogP contribution in [0.4, 0.5) is 0 Å². The van der Waals surface area contributed by atoms with Gasteiger partial charge >= 0.3 is 0 Å². The predicted molar refractivity (Wildman–Crippen MR) is 88.5 cm³/mol. The van der Waals surface area contributed by atoms with E-state index in [1.165, 1.54) is 21.4 Å². The maximum atomic E-state index is 4.53. The Labute approximate surface area is 128 Å². The predicted octanol–water partition coefficient (Wildman–Crippen LogP) is 4.17. The molecule has 2 nitrogen and oxygen atoms in total. The molecule has 1 atom stereocenters. The van der Waals surface area contributed by atoms with Gasteiger partial charge in [0.15, 0.2) is 0 Å². The topological polar surface area (TPSA) is 24.9 Å². The number of fused-ring (bicyclic) bond motifs is 2. The van der Waals surface area contributed by atoms with E-state index in [0.29, 0.717) is 6.04 Å². The summed E-state index contributed by atoms with van der Waals surface area (Å²) in [4.78, 5) is 5.93. The SMILES string of the molecule is c1ccc2c(c1)SCC2NCc1cccc2cccnc12. The van der Waals surface area contributed by atoms with E-state index in [4.69, 9.17) is 0 Å². The second kappa shape index (κ2) is 5.51. The highest BCUT2D eigenvalue weighted by atomic mass is 32.2. The molecular weight excluding hydrogens is 276 g/mol. The minimum Gasteiger partial charge on any atom is -0.305 e. The first-order valence-corrected chi connectivity index (χ1v) is 8.18. The number of rotatable bonds is 3. The highest BCUT2D eigenvalue weighted by Crippen LogP contribution is 2.37. The molecule has 0 fully saturated rings. The van der Waals surface area contributed by atoms with Gasteiger partial charge in [0.2, 0.25) is 0 Å². The fourth-order valence-corrected chi connectivity index (χ4v) is 4.07. The van der Waals surface area contributed by atoms with Gasteiger partial charge in [-0.05, 0) is 23.3 Å². The Hall–Kier alpha value is -1.84. The fourth-order valence-electron chi connectivity index (χ4n) is 2.87. The molecule has 0 saturated carbocycles. The van der Waals surface area contributed by atoms with Crippen molar-refractivity contribution in [2.24, 2.45) is 0 Å². The van der Waals surface area contributed by atoms with Crippen LogP contribution in [-0.2, 0) is 6.54 Å². The van der Waals surface area contributed by atoms with Crippen LogP contribution in [0.1, 0.15) is 17.2 Å². The van der Waals surface area contributed by atoms with E-state index < -0.39 is 0 Å². The zero-order valence-electron chi connectivity index (χ0n) is 11.6. The molecule has 3 heteroatoms. The van der Waals surface area contributed by atoms with Crippen LogP contribution in [0, 0.1) is 0 Å². The number of para-hydroxylation sites is 1. The molecule has 2 aromatic carbocycles. The Morgan fingerprint density at radius 3 is 2.95 bits per heavy atom. The molecule has 1 unspecified atom stereocenters. The van der Waals surface area contributed by atoms with E-state index in [1.807, 2.05) is 24.0 Å². The van der Waals surface area contributed by atoms with E-state index in [1.54, 1.807) is 0 Å². The van der Waals surface area contributed by atoms with Crippen molar-refractivity contribution in [3.63, 3.8) is 0 Å². The van der Waals surface area contributed by atoms with E-state index in [0.717, 1.165) is 17.8 Å². The lowest BCUT2D eigenvalue weighted by Crippen LogP contribution is -2.20. The fraction of sp³-hybridized carbons (Fsp3) is 0.167. The van der Waals surface area contributed by atoms with Crippen molar-refractivity contribution in [2.45, 2.75) is 17.5 Å². The lowest BCUT2D eigenvalue weighted by Gasteiger charge is -2.14. The monoisotopic (exact) mass is 292 g/mol. The van der Waals surface area contributed by atoms with E-state index >= 15 is 0 Å². The first-order chi connectivity index (χ1) is 10.4. The summed E-state index contributed by atoms with van der Waals surface area (Å²) in [6, 6.07) is 19.6. The molecule has 0 amide bonds. The van der Waals surface area contributed by atoms with Crippen LogP contribution in [0.15, 0.2) is 65.7 Å². The molecular formula is C18H16N2S. The van der Waals surface area contributed by atoms with Crippen LogP contribution < -0.4 is 5.32 Å². The molecule has 1 aromatic heterocycles. The standard InChI is InChI=1S/C18H16N2S/c1-2-9-17-15(8-1)16(12-21-17)20-11-14-6-3-5-13-7-4-10-19-18(13)14/h1-10,16,20H,11-12H2. The van der Waals surface area contributed by atoms with Crippen LogP contribution in [-0.4, -0.2) is 10.7 Å². The van der Waals surface area contributed by atoms with Gasteiger partial charge in [-0.15, -0.1) is 11.8 Å². The molecule has 2 heterocycles. The highest BCUT2D eigenvalue weighted by molar-refractivity contribution is 7.99. The zero-order valence-corrected chi connectivity index (χ0v) is 12.4. The molecule has 3 aromatic rings. The average molecular weight is 292 g/mol. The van der Waals surface area contributed by atoms with Crippen molar-refractivity contribution in [1.29, 1.82) is 0 Å². The molecule has 1 N–H and O–H groups in total. The van der Waals surface area contributed by atoms with Crippen LogP contribution in [0.5, 0.6) is 0 Å². The maximum absolute atomic E-state index is 4.53. The lowest BCUT2D eigenvalue weighted by molar-refractivity contribution is 0.585. The minimum absolute atomic E-state index is 0.435. The third kappa shape index (κ3) is 2.43. The van der Waals surface area contributed by atoms with Gasteiger partial charge in [-0.2, -0.15) is 0 Å². The van der Waals surface area contributed by atoms with Gasteiger partial charge < -0.3 is 5.32 Å². The van der Waals surface area contributed by atoms with E-state index in [9.17, 15) is 0 Å². The third-order valence-corrected chi connectivity index (χ3v) is 5.14. The van der Waals surface area contributed by atoms with E-state index in [2.05, 4.69) is 58.8 Å². The number of nitrogens with zero attached hydrogens (tertiary/aromatic N) is 1. The molecule has 4 rings (SSSR count). The molecule has 104 valence electrons. The first-order valence-electron chi connectivity index (χ1n) is 7.19. The molecule has 1 aliphatic rings. The number of pyridine rings is 1. The quantitative estimate of drug-likeness (QED) is 0.784. The molecule has 0 aliphatic carbocycles. The zero-order chi connectivity index (χ0) is 14.1. The van der Waals surface area contributed by atoms with Crippen molar-refractivity contribution in [3.8, 4) is 0 Å². The highest BCUT2D eigenvalue weighted by Gasteiger charge is 2.22. The normalized spacial score (nSPS) is 17.0. The second-order valence-electron chi connectivity index (χ2n) is 5.27. The van der Waals surface area contributed by atoms with E-state index in [-0.39, 0.29) is 0 Å². The first kappa shape index (κ1) is 12.9. The largest absolute Gasteiger partial charge is 0.305 e. The summed E-state index contributed by atoms with van der Waals surface area (Å²) in [5.41, 5.74) is 3.80. The summed E-state index contributed by atoms with van der Waals surface area (Å²) >= 11 is 1.94. The van der Waals surface area contributed by atoms with Crippen LogP contribution in [0.25, 0.3) is 10.9 Å². The number of benzene rings is 2. The Morgan fingerprint density at radius 2 is 1.95 bits per heavy atom. The Bertz CT molecular complexity index is 780. The molecule has 0 spiro atoms. The molecule has 0 saturated heterocycles. The Kier molecular flexibility index (Phi) is 3.37. The summed E-state index contributed by atoms with van der Waals surface area (Å²) in [5.74, 6) is 1.11. The van der Waals surface area contributed by atoms with Gasteiger partial charge in [-0.3, -0.25) is 4.98 Å². The van der Waals surface area contributed by atoms with Crippen molar-refractivity contribution in [1.82, 2.24) is 10.3 Å². The number of hydrogen-bond acceptors (Lipinski definition) is 3. The van der Waals surface area contributed by atoms with Gasteiger partial charge in [0.05, 0.1) is 5.52 Å². The Balaban J connectivity index is 1.57. The number of aromatic nitrogens is 1. The summed E-state index contributed by atoms with van der Waals surface area (Å²) < 4.78 is 0. The average Bonchev–Trinajstić information content (AvgIpc) is 2.96. The Morgan fingerprint density at radius 1 is 1.05 bits per heavy atom. The third-order valence-electron chi connectivity index (χ3n) is 3.96. The van der Waals surface area contributed by atoms with Crippen molar-refractivity contribution in [3.05, 3.63) is 71.9 Å². The maximum Gasteiger partial charge on any atom is 0.0746 e. The number of hydrogen-bond donors (Lipinski definition) is 1. The smallest absolute Gasteiger partial charge is 0.0746 e. The molecule has 0 radical (unpaired) electrons. The van der Waals surface area contributed by atoms with Gasteiger partial charge in [-0.1, -0.05) is 42.5 Å². The molecule has 21 heavy (non-hydrogen) atoms. The van der Waals surface area contributed by atoms with Gasteiger partial charge in [0, 0.05) is 34.8 Å². The van der Waals surface area contributed by atoms with Crippen molar-refractivity contribution in [2.75, 3.05) is 5.75 Å². The summed E-state index contributed by atoms with van der Waals surface area (Å²) in [6.07, 6.45) is 1.87. The number of thioether (sulfide) groups is 1. The van der Waals surface area contributed by atoms with Gasteiger partial charge in [0.25, 0.3) is 0 Å². The van der Waals surface area contributed by atoms with Crippen molar-refractivity contribution >= 4 is 22.7 Å². The second-order valence-corrected chi connectivity index (χ2v) is 6.34. The summed E-state index contributed by atoms with van der Waals surface area (Å²) in [7, 11) is 0.